The summed E-state index contributed by atoms with van der Waals surface area (Å²) in [4.78, 5) is 11.9. The number of halogens is 1. The summed E-state index contributed by atoms with van der Waals surface area (Å²) in [6, 6.07) is 0.329. The molecule has 0 radical (unpaired) electrons. The van der Waals surface area contributed by atoms with Crippen molar-refractivity contribution in [2.45, 2.75) is 63.7 Å². The van der Waals surface area contributed by atoms with Gasteiger partial charge in [-0.2, -0.15) is 0 Å². The van der Waals surface area contributed by atoms with Crippen molar-refractivity contribution in [1.29, 1.82) is 0 Å². The normalized spacial score (nSPS) is 26.1. The Balaban J connectivity index is 2.61. The minimum Gasteiger partial charge on any atom is -0.352 e. The molecule has 0 saturated heterocycles. The maximum Gasteiger partial charge on any atom is 0.236 e. The third-order valence-electron chi connectivity index (χ3n) is 3.35. The number of alkyl halides is 1. The third-order valence-corrected chi connectivity index (χ3v) is 3.71. The van der Waals surface area contributed by atoms with Crippen molar-refractivity contribution in [3.05, 3.63) is 0 Å². The Labute approximate surface area is 101 Å². The first kappa shape index (κ1) is 13.0. The van der Waals surface area contributed by atoms with Crippen LogP contribution in [0.15, 0.2) is 0 Å². The molecule has 0 spiro atoms. The van der Waals surface area contributed by atoms with E-state index in [0.717, 1.165) is 6.42 Å². The summed E-state index contributed by atoms with van der Waals surface area (Å²) in [5.74, 6) is 0.0995. The molecule has 0 aromatic rings. The van der Waals surface area contributed by atoms with Crippen molar-refractivity contribution in [2.75, 3.05) is 0 Å². The van der Waals surface area contributed by atoms with Crippen LogP contribution in [-0.2, 0) is 4.79 Å². The Bertz CT molecular complexity index is 242. The molecule has 15 heavy (non-hydrogen) atoms. The number of hydrogen-bond donors (Lipinski definition) is 1. The smallest absolute Gasteiger partial charge is 0.236 e. The number of carbonyl (C=O) groups excluding carboxylic acids is 1. The van der Waals surface area contributed by atoms with Crippen LogP contribution in [0.3, 0.4) is 0 Å². The highest BCUT2D eigenvalue weighted by Crippen LogP contribution is 2.35. The molecule has 0 aromatic carbocycles. The second kappa shape index (κ2) is 4.44. The molecule has 0 heterocycles. The minimum atomic E-state index is -0.458. The first-order valence-corrected chi connectivity index (χ1v) is 6.53. The summed E-state index contributed by atoms with van der Waals surface area (Å²) >= 11 is 3.40. The van der Waals surface area contributed by atoms with E-state index in [1.54, 1.807) is 0 Å². The van der Waals surface area contributed by atoms with Crippen molar-refractivity contribution in [2.24, 2.45) is 5.41 Å². The summed E-state index contributed by atoms with van der Waals surface area (Å²) < 4.78 is -0.458. The highest BCUT2D eigenvalue weighted by Gasteiger charge is 2.35. The van der Waals surface area contributed by atoms with Gasteiger partial charge < -0.3 is 5.32 Å². The van der Waals surface area contributed by atoms with Crippen LogP contribution in [0.4, 0.5) is 0 Å². The van der Waals surface area contributed by atoms with Crippen LogP contribution < -0.4 is 5.32 Å². The summed E-state index contributed by atoms with van der Waals surface area (Å²) in [6.07, 6.45) is 4.84. The van der Waals surface area contributed by atoms with Crippen molar-refractivity contribution < 1.29 is 4.79 Å². The van der Waals surface area contributed by atoms with Gasteiger partial charge in [0.05, 0.1) is 4.32 Å². The monoisotopic (exact) mass is 275 g/mol. The quantitative estimate of drug-likeness (QED) is 0.771. The van der Waals surface area contributed by atoms with Gasteiger partial charge in [0.15, 0.2) is 0 Å². The number of amides is 1. The molecule has 1 rings (SSSR count). The Hall–Kier alpha value is -0.0500. The highest BCUT2D eigenvalue weighted by atomic mass is 79.9. The molecule has 3 heteroatoms. The van der Waals surface area contributed by atoms with Crippen LogP contribution in [0.1, 0.15) is 53.4 Å². The lowest BCUT2D eigenvalue weighted by Crippen LogP contribution is -2.51. The van der Waals surface area contributed by atoms with E-state index >= 15 is 0 Å². The zero-order valence-electron chi connectivity index (χ0n) is 10.2. The minimum absolute atomic E-state index is 0.0995. The Morgan fingerprint density at radius 2 is 2.00 bits per heavy atom. The Morgan fingerprint density at radius 3 is 2.47 bits per heavy atom. The van der Waals surface area contributed by atoms with E-state index < -0.39 is 4.32 Å². The predicted octanol–water partition coefficient (Wildman–Crippen LogP) is 3.24. The maximum atomic E-state index is 11.9. The molecule has 88 valence electrons. The molecule has 1 N–H and O–H groups in total. The summed E-state index contributed by atoms with van der Waals surface area (Å²) in [5, 5.41) is 3.16. The van der Waals surface area contributed by atoms with Crippen LogP contribution in [0.5, 0.6) is 0 Å². The molecule has 1 amide bonds. The third kappa shape index (κ3) is 3.47. The van der Waals surface area contributed by atoms with Crippen molar-refractivity contribution in [3.63, 3.8) is 0 Å². The molecular formula is C12H22BrNO. The van der Waals surface area contributed by atoms with Gasteiger partial charge in [-0.25, -0.2) is 0 Å². The van der Waals surface area contributed by atoms with Crippen molar-refractivity contribution in [1.82, 2.24) is 5.32 Å². The summed E-state index contributed by atoms with van der Waals surface area (Å²) in [6.45, 7) is 8.27. The van der Waals surface area contributed by atoms with Gasteiger partial charge >= 0.3 is 0 Å². The van der Waals surface area contributed by atoms with Gasteiger partial charge in [-0.15, -0.1) is 0 Å². The number of hydrogen-bond acceptors (Lipinski definition) is 1. The van der Waals surface area contributed by atoms with Crippen LogP contribution >= 0.6 is 15.9 Å². The maximum absolute atomic E-state index is 11.9. The molecule has 1 fully saturated rings. The molecule has 1 atom stereocenters. The Morgan fingerprint density at radius 1 is 1.40 bits per heavy atom. The zero-order valence-corrected chi connectivity index (χ0v) is 11.8. The SMILES string of the molecule is CC(C)(Br)C(=O)NC1CCCCC1(C)C. The van der Waals surface area contributed by atoms with E-state index in [1.807, 2.05) is 13.8 Å². The molecule has 1 saturated carbocycles. The van der Waals surface area contributed by atoms with E-state index in [-0.39, 0.29) is 11.3 Å². The lowest BCUT2D eigenvalue weighted by Gasteiger charge is -2.40. The molecule has 1 aliphatic rings. The van der Waals surface area contributed by atoms with Gasteiger partial charge in [0.2, 0.25) is 5.91 Å². The van der Waals surface area contributed by atoms with E-state index in [2.05, 4.69) is 35.1 Å². The Kier molecular flexibility index (Phi) is 3.85. The van der Waals surface area contributed by atoms with Crippen LogP contribution in [0.25, 0.3) is 0 Å². The first-order valence-electron chi connectivity index (χ1n) is 5.73. The fourth-order valence-electron chi connectivity index (χ4n) is 2.09. The number of nitrogens with one attached hydrogen (secondary N) is 1. The second-order valence-corrected chi connectivity index (χ2v) is 7.72. The van der Waals surface area contributed by atoms with Gasteiger partial charge in [0.1, 0.15) is 0 Å². The average molecular weight is 276 g/mol. The fraction of sp³-hybridized carbons (Fsp3) is 0.917. The van der Waals surface area contributed by atoms with E-state index in [9.17, 15) is 4.79 Å². The molecule has 1 unspecified atom stereocenters. The van der Waals surface area contributed by atoms with Crippen LogP contribution in [-0.4, -0.2) is 16.3 Å². The van der Waals surface area contributed by atoms with Gasteiger partial charge in [0.25, 0.3) is 0 Å². The largest absolute Gasteiger partial charge is 0.352 e. The second-order valence-electron chi connectivity index (χ2n) is 5.73. The molecule has 1 aliphatic carbocycles. The van der Waals surface area contributed by atoms with E-state index in [1.165, 1.54) is 19.3 Å². The van der Waals surface area contributed by atoms with Crippen molar-refractivity contribution in [3.8, 4) is 0 Å². The standard InChI is InChI=1S/C12H22BrNO/c1-11(2)8-6-5-7-9(11)14-10(15)12(3,4)13/h9H,5-8H2,1-4H3,(H,14,15). The molecular weight excluding hydrogens is 254 g/mol. The fourth-order valence-corrected chi connectivity index (χ4v) is 2.21. The zero-order chi connectivity index (χ0) is 11.7. The lowest BCUT2D eigenvalue weighted by atomic mass is 9.73. The first-order chi connectivity index (χ1) is 6.73. The van der Waals surface area contributed by atoms with E-state index in [0.29, 0.717) is 6.04 Å². The van der Waals surface area contributed by atoms with Crippen LogP contribution in [0.2, 0.25) is 0 Å². The van der Waals surface area contributed by atoms with Gasteiger partial charge in [-0.05, 0) is 32.1 Å². The molecule has 0 aliphatic heterocycles. The molecule has 0 bridgehead atoms. The van der Waals surface area contributed by atoms with Crippen LogP contribution in [0, 0.1) is 5.41 Å². The number of carbonyl (C=O) groups is 1. The van der Waals surface area contributed by atoms with Gasteiger partial charge in [0, 0.05) is 6.04 Å². The summed E-state index contributed by atoms with van der Waals surface area (Å²) in [5.41, 5.74) is 0.242. The highest BCUT2D eigenvalue weighted by molar-refractivity contribution is 9.10. The van der Waals surface area contributed by atoms with Gasteiger partial charge in [-0.3, -0.25) is 4.79 Å². The average Bonchev–Trinajstić information content (AvgIpc) is 2.06. The molecule has 2 nitrogen and oxygen atoms in total. The topological polar surface area (TPSA) is 29.1 Å². The molecule has 0 aromatic heterocycles. The van der Waals surface area contributed by atoms with Gasteiger partial charge in [-0.1, -0.05) is 42.6 Å². The predicted molar refractivity (Wildman–Crippen MR) is 67.2 cm³/mol. The summed E-state index contributed by atoms with van der Waals surface area (Å²) in [7, 11) is 0. The number of rotatable bonds is 2. The van der Waals surface area contributed by atoms with E-state index in [4.69, 9.17) is 0 Å². The lowest BCUT2D eigenvalue weighted by molar-refractivity contribution is -0.124. The van der Waals surface area contributed by atoms with Crippen molar-refractivity contribution >= 4 is 21.8 Å².